The average molecular weight is 542 g/mol. The van der Waals surface area contributed by atoms with Gasteiger partial charge in [0, 0.05) is 18.8 Å². The molecular formula is C27H31N3O5S2. The standard InChI is InChI=1S/C27H31N3O5S2/c1-21-6-12-24(13-7-21)30(37(34,35)26-14-8-22(2)9-15-26)20-27(31)28-23-10-16-25(17-11-23)36(32,33)29-18-4-3-5-19-29/h6-17H,3-5,18-20H2,1-2H3,(H,28,31). The fraction of sp³-hybridized carbons (Fsp3) is 0.296. The first-order valence-corrected chi connectivity index (χ1v) is 15.0. The van der Waals surface area contributed by atoms with Gasteiger partial charge in [0.05, 0.1) is 15.5 Å². The van der Waals surface area contributed by atoms with E-state index < -0.39 is 32.5 Å². The van der Waals surface area contributed by atoms with E-state index in [1.54, 1.807) is 36.4 Å². The van der Waals surface area contributed by atoms with Crippen LogP contribution in [0.4, 0.5) is 11.4 Å². The number of aryl methyl sites for hydroxylation is 2. The van der Waals surface area contributed by atoms with Crippen LogP contribution in [-0.4, -0.2) is 46.7 Å². The molecule has 1 saturated heterocycles. The van der Waals surface area contributed by atoms with Gasteiger partial charge >= 0.3 is 0 Å². The topological polar surface area (TPSA) is 104 Å². The Hall–Kier alpha value is -3.21. The zero-order chi connectivity index (χ0) is 26.6. The van der Waals surface area contributed by atoms with Crippen LogP contribution in [0.3, 0.4) is 0 Å². The van der Waals surface area contributed by atoms with Gasteiger partial charge < -0.3 is 5.32 Å². The lowest BCUT2D eigenvalue weighted by molar-refractivity contribution is -0.114. The summed E-state index contributed by atoms with van der Waals surface area (Å²) < 4.78 is 55.3. The monoisotopic (exact) mass is 541 g/mol. The number of amides is 1. The van der Waals surface area contributed by atoms with Crippen LogP contribution in [0.1, 0.15) is 30.4 Å². The number of nitrogens with one attached hydrogen (secondary N) is 1. The Labute approximate surface area is 219 Å². The molecule has 1 amide bonds. The molecule has 37 heavy (non-hydrogen) atoms. The van der Waals surface area contributed by atoms with Crippen molar-refractivity contribution in [2.45, 2.75) is 42.9 Å². The quantitative estimate of drug-likeness (QED) is 0.458. The van der Waals surface area contributed by atoms with E-state index in [-0.39, 0.29) is 9.79 Å². The molecule has 3 aromatic carbocycles. The number of nitrogens with zero attached hydrogens (tertiary/aromatic N) is 2. The van der Waals surface area contributed by atoms with Gasteiger partial charge in [0.15, 0.2) is 0 Å². The highest BCUT2D eigenvalue weighted by Crippen LogP contribution is 2.25. The van der Waals surface area contributed by atoms with Gasteiger partial charge in [-0.15, -0.1) is 0 Å². The van der Waals surface area contributed by atoms with E-state index in [4.69, 9.17) is 0 Å². The summed E-state index contributed by atoms with van der Waals surface area (Å²) in [6, 6.07) is 19.3. The molecule has 196 valence electrons. The van der Waals surface area contributed by atoms with Crippen molar-refractivity contribution in [3.8, 4) is 0 Å². The predicted octanol–water partition coefficient (Wildman–Crippen LogP) is 4.31. The minimum Gasteiger partial charge on any atom is -0.325 e. The van der Waals surface area contributed by atoms with Crippen LogP contribution >= 0.6 is 0 Å². The van der Waals surface area contributed by atoms with E-state index in [1.807, 2.05) is 13.8 Å². The number of sulfonamides is 2. The molecule has 3 aromatic rings. The molecule has 0 bridgehead atoms. The molecule has 1 fully saturated rings. The van der Waals surface area contributed by atoms with Crippen molar-refractivity contribution in [3.63, 3.8) is 0 Å². The Balaban J connectivity index is 1.53. The highest BCUT2D eigenvalue weighted by atomic mass is 32.2. The Morgan fingerprint density at radius 3 is 1.84 bits per heavy atom. The second kappa shape index (κ2) is 11.0. The van der Waals surface area contributed by atoms with Crippen LogP contribution in [0.5, 0.6) is 0 Å². The molecule has 0 aliphatic carbocycles. The highest BCUT2D eigenvalue weighted by molar-refractivity contribution is 7.92. The second-order valence-corrected chi connectivity index (χ2v) is 13.0. The average Bonchev–Trinajstić information content (AvgIpc) is 2.89. The molecule has 1 aliphatic heterocycles. The molecule has 1 heterocycles. The van der Waals surface area contributed by atoms with Crippen molar-refractivity contribution in [2.24, 2.45) is 0 Å². The molecule has 0 unspecified atom stereocenters. The first kappa shape index (κ1) is 26.8. The molecule has 8 nitrogen and oxygen atoms in total. The third-order valence-corrected chi connectivity index (χ3v) is 10.0. The first-order chi connectivity index (χ1) is 17.6. The molecule has 10 heteroatoms. The van der Waals surface area contributed by atoms with E-state index in [0.717, 1.165) is 34.7 Å². The molecule has 0 saturated carbocycles. The maximum absolute atomic E-state index is 13.5. The summed E-state index contributed by atoms with van der Waals surface area (Å²) in [7, 11) is -7.61. The summed E-state index contributed by atoms with van der Waals surface area (Å²) in [5, 5.41) is 2.69. The molecule has 4 rings (SSSR count). The first-order valence-electron chi connectivity index (χ1n) is 12.1. The summed E-state index contributed by atoms with van der Waals surface area (Å²) in [6.07, 6.45) is 2.71. The molecule has 0 atom stereocenters. The van der Waals surface area contributed by atoms with E-state index in [9.17, 15) is 21.6 Å². The van der Waals surface area contributed by atoms with Crippen LogP contribution in [0, 0.1) is 13.8 Å². The molecular weight excluding hydrogens is 510 g/mol. The van der Waals surface area contributed by atoms with E-state index in [2.05, 4.69) is 5.32 Å². The van der Waals surface area contributed by atoms with Crippen LogP contribution in [0.15, 0.2) is 82.6 Å². The maximum atomic E-state index is 13.5. The van der Waals surface area contributed by atoms with Gasteiger partial charge in [0.2, 0.25) is 15.9 Å². The van der Waals surface area contributed by atoms with Crippen LogP contribution in [0.25, 0.3) is 0 Å². The summed E-state index contributed by atoms with van der Waals surface area (Å²) in [5.74, 6) is -0.553. The van der Waals surface area contributed by atoms with Crippen molar-refractivity contribution in [2.75, 3.05) is 29.3 Å². The summed E-state index contributed by atoms with van der Waals surface area (Å²) in [4.78, 5) is 13.2. The Bertz CT molecular complexity index is 1450. The Morgan fingerprint density at radius 1 is 0.757 bits per heavy atom. The van der Waals surface area contributed by atoms with Gasteiger partial charge in [-0.25, -0.2) is 16.8 Å². The molecule has 0 spiro atoms. The number of carbonyl (C=O) groups excluding carboxylic acids is 1. The van der Waals surface area contributed by atoms with Gasteiger partial charge in [0.1, 0.15) is 6.54 Å². The van der Waals surface area contributed by atoms with E-state index in [0.29, 0.717) is 24.5 Å². The minimum absolute atomic E-state index is 0.0822. The van der Waals surface area contributed by atoms with Gasteiger partial charge in [0.25, 0.3) is 10.0 Å². The number of hydrogen-bond donors (Lipinski definition) is 1. The molecule has 0 aromatic heterocycles. The van der Waals surface area contributed by atoms with Crippen molar-refractivity contribution in [3.05, 3.63) is 83.9 Å². The lowest BCUT2D eigenvalue weighted by Crippen LogP contribution is -2.38. The maximum Gasteiger partial charge on any atom is 0.264 e. The zero-order valence-electron chi connectivity index (χ0n) is 20.9. The molecule has 1 N–H and O–H groups in total. The number of carbonyl (C=O) groups is 1. The Morgan fingerprint density at radius 2 is 1.27 bits per heavy atom. The molecule has 1 aliphatic rings. The van der Waals surface area contributed by atoms with Crippen molar-refractivity contribution < 1.29 is 21.6 Å². The number of hydrogen-bond acceptors (Lipinski definition) is 5. The smallest absolute Gasteiger partial charge is 0.264 e. The highest BCUT2D eigenvalue weighted by Gasteiger charge is 2.28. The van der Waals surface area contributed by atoms with Crippen molar-refractivity contribution >= 4 is 37.3 Å². The van der Waals surface area contributed by atoms with Crippen LogP contribution < -0.4 is 9.62 Å². The lowest BCUT2D eigenvalue weighted by Gasteiger charge is -2.26. The SMILES string of the molecule is Cc1ccc(N(CC(=O)Nc2ccc(S(=O)(=O)N3CCCCC3)cc2)S(=O)(=O)c2ccc(C)cc2)cc1. The summed E-state index contributed by atoms with van der Waals surface area (Å²) >= 11 is 0. The van der Waals surface area contributed by atoms with Gasteiger partial charge in [-0.05, 0) is 75.2 Å². The molecule has 0 radical (unpaired) electrons. The minimum atomic E-state index is -4.02. The number of anilines is 2. The zero-order valence-corrected chi connectivity index (χ0v) is 22.6. The predicted molar refractivity (Wildman–Crippen MR) is 145 cm³/mol. The van der Waals surface area contributed by atoms with Gasteiger partial charge in [-0.2, -0.15) is 4.31 Å². The lowest BCUT2D eigenvalue weighted by atomic mass is 10.2. The summed E-state index contributed by atoms with van der Waals surface area (Å²) in [5.41, 5.74) is 2.62. The fourth-order valence-corrected chi connectivity index (χ4v) is 7.10. The van der Waals surface area contributed by atoms with E-state index >= 15 is 0 Å². The third kappa shape index (κ3) is 6.20. The van der Waals surface area contributed by atoms with Crippen molar-refractivity contribution in [1.82, 2.24) is 4.31 Å². The largest absolute Gasteiger partial charge is 0.325 e. The second-order valence-electron chi connectivity index (χ2n) is 9.20. The fourth-order valence-electron chi connectivity index (χ4n) is 4.16. The van der Waals surface area contributed by atoms with Crippen LogP contribution in [0.2, 0.25) is 0 Å². The number of piperidine rings is 1. The Kier molecular flexibility index (Phi) is 8.01. The third-order valence-electron chi connectivity index (χ3n) is 6.31. The van der Waals surface area contributed by atoms with E-state index in [1.165, 1.54) is 40.7 Å². The summed E-state index contributed by atoms with van der Waals surface area (Å²) in [6.45, 7) is 4.32. The van der Waals surface area contributed by atoms with Gasteiger partial charge in [-0.3, -0.25) is 9.10 Å². The van der Waals surface area contributed by atoms with Crippen molar-refractivity contribution in [1.29, 1.82) is 0 Å². The number of rotatable bonds is 8. The normalized spacial score (nSPS) is 14.8. The van der Waals surface area contributed by atoms with Gasteiger partial charge in [-0.1, -0.05) is 41.8 Å². The number of benzene rings is 3. The van der Waals surface area contributed by atoms with Crippen LogP contribution in [-0.2, 0) is 24.8 Å².